The van der Waals surface area contributed by atoms with E-state index in [4.69, 9.17) is 11.6 Å². The van der Waals surface area contributed by atoms with Crippen molar-refractivity contribution in [3.05, 3.63) is 83.1 Å². The van der Waals surface area contributed by atoms with Gasteiger partial charge in [0.05, 0.1) is 0 Å². The van der Waals surface area contributed by atoms with E-state index in [9.17, 15) is 4.39 Å². The molecule has 2 heteroatoms. The third-order valence-electron chi connectivity index (χ3n) is 3.53. The second-order valence-electron chi connectivity index (χ2n) is 4.92. The largest absolute Gasteiger partial charge is 0.206 e. The first kappa shape index (κ1) is 13.8. The molecule has 0 spiro atoms. The SMILES string of the molecule is Cc1ccccc1-c1ccc(-c2cc[c]cc2F)c(Cl)c1. The summed E-state index contributed by atoms with van der Waals surface area (Å²) in [6.45, 7) is 2.06. The quantitative estimate of drug-likeness (QED) is 0.550. The Morgan fingerprint density at radius 2 is 1.76 bits per heavy atom. The van der Waals surface area contributed by atoms with Crippen LogP contribution in [0.25, 0.3) is 22.3 Å². The first-order valence-corrected chi connectivity index (χ1v) is 7.06. The van der Waals surface area contributed by atoms with Crippen LogP contribution >= 0.6 is 11.6 Å². The molecule has 0 saturated carbocycles. The molecule has 0 unspecified atom stereocenters. The molecule has 103 valence electrons. The van der Waals surface area contributed by atoms with Crippen molar-refractivity contribution in [1.82, 2.24) is 0 Å². The second kappa shape index (κ2) is 5.71. The summed E-state index contributed by atoms with van der Waals surface area (Å²) in [4.78, 5) is 0. The van der Waals surface area contributed by atoms with Crippen LogP contribution in [0.15, 0.2) is 60.7 Å². The van der Waals surface area contributed by atoms with E-state index in [0.29, 0.717) is 16.1 Å². The molecule has 0 aromatic heterocycles. The van der Waals surface area contributed by atoms with E-state index in [1.165, 1.54) is 11.6 Å². The molecule has 0 bridgehead atoms. The highest BCUT2D eigenvalue weighted by atomic mass is 35.5. The average molecular weight is 296 g/mol. The number of hydrogen-bond donors (Lipinski definition) is 0. The zero-order chi connectivity index (χ0) is 14.8. The number of halogens is 2. The lowest BCUT2D eigenvalue weighted by Gasteiger charge is -2.10. The van der Waals surface area contributed by atoms with Crippen molar-refractivity contribution in [2.24, 2.45) is 0 Å². The number of benzene rings is 3. The van der Waals surface area contributed by atoms with Crippen LogP contribution in [0, 0.1) is 18.8 Å². The minimum atomic E-state index is -0.317. The fourth-order valence-corrected chi connectivity index (χ4v) is 2.71. The minimum absolute atomic E-state index is 0.317. The summed E-state index contributed by atoms with van der Waals surface area (Å²) in [6, 6.07) is 21.2. The van der Waals surface area contributed by atoms with Crippen LogP contribution in [0.3, 0.4) is 0 Å². The van der Waals surface area contributed by atoms with E-state index in [1.54, 1.807) is 12.1 Å². The molecule has 0 amide bonds. The summed E-state index contributed by atoms with van der Waals surface area (Å²) in [5.74, 6) is -0.317. The highest BCUT2D eigenvalue weighted by Crippen LogP contribution is 2.34. The van der Waals surface area contributed by atoms with Crippen LogP contribution in [-0.4, -0.2) is 0 Å². The van der Waals surface area contributed by atoms with Gasteiger partial charge in [-0.1, -0.05) is 60.1 Å². The van der Waals surface area contributed by atoms with E-state index in [1.807, 2.05) is 30.3 Å². The second-order valence-corrected chi connectivity index (χ2v) is 5.32. The van der Waals surface area contributed by atoms with Gasteiger partial charge in [-0.25, -0.2) is 4.39 Å². The van der Waals surface area contributed by atoms with Gasteiger partial charge in [-0.05, 0) is 41.8 Å². The molecule has 0 aliphatic rings. The Balaban J connectivity index is 2.09. The van der Waals surface area contributed by atoms with E-state index >= 15 is 0 Å². The Morgan fingerprint density at radius 3 is 2.48 bits per heavy atom. The molecule has 0 heterocycles. The Hall–Kier alpha value is -2.12. The van der Waals surface area contributed by atoms with Gasteiger partial charge in [-0.15, -0.1) is 0 Å². The van der Waals surface area contributed by atoms with Crippen molar-refractivity contribution in [1.29, 1.82) is 0 Å². The highest BCUT2D eigenvalue weighted by molar-refractivity contribution is 6.33. The van der Waals surface area contributed by atoms with Gasteiger partial charge in [0.15, 0.2) is 0 Å². The van der Waals surface area contributed by atoms with Crippen LogP contribution in [0.5, 0.6) is 0 Å². The predicted octanol–water partition coefficient (Wildman–Crippen LogP) is 5.92. The Labute approximate surface area is 128 Å². The number of hydrogen-bond acceptors (Lipinski definition) is 0. The van der Waals surface area contributed by atoms with Crippen molar-refractivity contribution < 1.29 is 4.39 Å². The first-order valence-electron chi connectivity index (χ1n) is 6.68. The lowest BCUT2D eigenvalue weighted by atomic mass is 9.97. The summed E-state index contributed by atoms with van der Waals surface area (Å²) < 4.78 is 13.9. The molecule has 0 aliphatic carbocycles. The molecule has 0 fully saturated rings. The maximum atomic E-state index is 13.9. The maximum absolute atomic E-state index is 13.9. The summed E-state index contributed by atoms with van der Waals surface area (Å²) in [6.07, 6.45) is 0. The lowest BCUT2D eigenvalue weighted by molar-refractivity contribution is 0.631. The van der Waals surface area contributed by atoms with Crippen LogP contribution in [0.1, 0.15) is 5.56 Å². The maximum Gasteiger partial charge on any atom is 0.131 e. The zero-order valence-corrected chi connectivity index (χ0v) is 12.3. The minimum Gasteiger partial charge on any atom is -0.206 e. The van der Waals surface area contributed by atoms with Gasteiger partial charge in [0.25, 0.3) is 0 Å². The molecular weight excluding hydrogens is 283 g/mol. The molecule has 3 rings (SSSR count). The van der Waals surface area contributed by atoms with Crippen molar-refractivity contribution in [2.45, 2.75) is 6.92 Å². The number of rotatable bonds is 2. The Bertz CT molecular complexity index is 793. The Kier molecular flexibility index (Phi) is 3.76. The van der Waals surface area contributed by atoms with E-state index in [2.05, 4.69) is 25.1 Å². The van der Waals surface area contributed by atoms with Crippen LogP contribution < -0.4 is 0 Å². The molecule has 1 radical (unpaired) electrons. The highest BCUT2D eigenvalue weighted by Gasteiger charge is 2.10. The third-order valence-corrected chi connectivity index (χ3v) is 3.84. The molecule has 3 aromatic rings. The van der Waals surface area contributed by atoms with E-state index < -0.39 is 0 Å². The summed E-state index contributed by atoms with van der Waals surface area (Å²) in [7, 11) is 0. The molecule has 0 saturated heterocycles. The van der Waals surface area contributed by atoms with Gasteiger partial charge in [-0.3, -0.25) is 0 Å². The summed E-state index contributed by atoms with van der Waals surface area (Å²) in [5.41, 5.74) is 4.54. The van der Waals surface area contributed by atoms with Crippen LogP contribution in [-0.2, 0) is 0 Å². The fraction of sp³-hybridized carbons (Fsp3) is 0.0526. The molecular formula is C19H13ClF. The van der Waals surface area contributed by atoms with E-state index in [0.717, 1.165) is 11.1 Å². The predicted molar refractivity (Wildman–Crippen MR) is 85.9 cm³/mol. The standard InChI is InChI=1S/C19H13ClF/c1-13-6-2-3-7-15(13)14-10-11-16(18(20)12-14)17-8-4-5-9-19(17)21/h2-4,6-12H,1H3. The van der Waals surface area contributed by atoms with Crippen molar-refractivity contribution >= 4 is 11.6 Å². The van der Waals surface area contributed by atoms with Crippen LogP contribution in [0.4, 0.5) is 4.39 Å². The molecule has 0 N–H and O–H groups in total. The molecule has 0 aliphatic heterocycles. The molecule has 21 heavy (non-hydrogen) atoms. The van der Waals surface area contributed by atoms with Gasteiger partial charge >= 0.3 is 0 Å². The monoisotopic (exact) mass is 295 g/mol. The zero-order valence-electron chi connectivity index (χ0n) is 11.5. The molecule has 3 aromatic carbocycles. The molecule has 0 nitrogen and oxygen atoms in total. The van der Waals surface area contributed by atoms with Crippen molar-refractivity contribution in [3.63, 3.8) is 0 Å². The van der Waals surface area contributed by atoms with Crippen molar-refractivity contribution in [3.8, 4) is 22.3 Å². The van der Waals surface area contributed by atoms with Crippen LogP contribution in [0.2, 0.25) is 5.02 Å². The lowest BCUT2D eigenvalue weighted by Crippen LogP contribution is -1.87. The fourth-order valence-electron chi connectivity index (χ4n) is 2.43. The number of aryl methyl sites for hydroxylation is 1. The smallest absolute Gasteiger partial charge is 0.131 e. The van der Waals surface area contributed by atoms with E-state index in [-0.39, 0.29) is 5.82 Å². The van der Waals surface area contributed by atoms with Gasteiger partial charge in [0.2, 0.25) is 0 Å². The normalized spacial score (nSPS) is 10.6. The van der Waals surface area contributed by atoms with Gasteiger partial charge < -0.3 is 0 Å². The third kappa shape index (κ3) is 2.70. The summed E-state index contributed by atoms with van der Waals surface area (Å²) >= 11 is 6.36. The van der Waals surface area contributed by atoms with Crippen molar-refractivity contribution in [2.75, 3.05) is 0 Å². The Morgan fingerprint density at radius 1 is 0.952 bits per heavy atom. The van der Waals surface area contributed by atoms with Gasteiger partial charge in [0.1, 0.15) is 5.82 Å². The average Bonchev–Trinajstić information content (AvgIpc) is 2.49. The molecule has 0 atom stereocenters. The summed E-state index contributed by atoms with van der Waals surface area (Å²) in [5, 5.41) is 0.542. The van der Waals surface area contributed by atoms with Gasteiger partial charge in [0, 0.05) is 16.1 Å². The van der Waals surface area contributed by atoms with Gasteiger partial charge in [-0.2, -0.15) is 0 Å². The first-order chi connectivity index (χ1) is 10.2. The topological polar surface area (TPSA) is 0 Å².